The fourth-order valence-electron chi connectivity index (χ4n) is 3.91. The number of benzene rings is 2. The number of aldehydes is 1. The molecule has 0 saturated carbocycles. The lowest BCUT2D eigenvalue weighted by molar-refractivity contribution is -0.104. The van der Waals surface area contributed by atoms with Gasteiger partial charge in [-0.05, 0) is 41.1 Å². The summed E-state index contributed by atoms with van der Waals surface area (Å²) in [7, 11) is 1.69. The largest absolute Gasteiger partial charge is 0.497 e. The van der Waals surface area contributed by atoms with E-state index in [2.05, 4.69) is 36.9 Å². The van der Waals surface area contributed by atoms with Crippen LogP contribution in [0.3, 0.4) is 0 Å². The fraction of sp³-hybridized carbons (Fsp3) is 0.318. The summed E-state index contributed by atoms with van der Waals surface area (Å²) in [6.07, 6.45) is 5.03. The van der Waals surface area contributed by atoms with Gasteiger partial charge in [0.2, 0.25) is 0 Å². The Morgan fingerprint density at radius 3 is 2.74 bits per heavy atom. The lowest BCUT2D eigenvalue weighted by atomic mass is 9.94. The maximum Gasteiger partial charge on any atom is 0.157 e. The van der Waals surface area contributed by atoms with Gasteiger partial charge in [-0.1, -0.05) is 24.8 Å². The zero-order chi connectivity index (χ0) is 18.9. The van der Waals surface area contributed by atoms with Crippen molar-refractivity contribution >= 4 is 22.8 Å². The van der Waals surface area contributed by atoms with E-state index in [9.17, 15) is 0 Å². The third kappa shape index (κ3) is 3.03. The summed E-state index contributed by atoms with van der Waals surface area (Å²) < 4.78 is 23.3. The van der Waals surface area contributed by atoms with Gasteiger partial charge in [-0.2, -0.15) is 0 Å². The molecule has 3 heterocycles. The first-order valence-corrected chi connectivity index (χ1v) is 8.99. The summed E-state index contributed by atoms with van der Waals surface area (Å²) in [4.78, 5) is 9.06. The second-order valence-electron chi connectivity index (χ2n) is 6.73. The maximum atomic E-state index is 9.06. The quantitative estimate of drug-likeness (QED) is 0.615. The molecule has 140 valence electrons. The predicted octanol–water partition coefficient (Wildman–Crippen LogP) is 3.52. The van der Waals surface area contributed by atoms with Crippen molar-refractivity contribution in [3.63, 3.8) is 0 Å². The number of hydrogen-bond donors (Lipinski definition) is 0. The van der Waals surface area contributed by atoms with Crippen molar-refractivity contribution in [3.8, 4) is 5.75 Å². The van der Waals surface area contributed by atoms with E-state index in [0.29, 0.717) is 12.9 Å². The highest BCUT2D eigenvalue weighted by molar-refractivity contribution is 5.87. The van der Waals surface area contributed by atoms with E-state index in [4.69, 9.17) is 23.7 Å². The van der Waals surface area contributed by atoms with Gasteiger partial charge < -0.3 is 18.9 Å². The van der Waals surface area contributed by atoms with Crippen molar-refractivity contribution in [1.82, 2.24) is 0 Å². The molecule has 2 aromatic rings. The highest BCUT2D eigenvalue weighted by Crippen LogP contribution is 2.47. The number of hydrogen-bond acceptors (Lipinski definition) is 5. The van der Waals surface area contributed by atoms with Gasteiger partial charge in [-0.25, -0.2) is 0 Å². The Balaban J connectivity index is 0.000000413. The Labute approximate surface area is 158 Å². The molecule has 0 N–H and O–H groups in total. The monoisotopic (exact) mass is 366 g/mol. The molecule has 1 unspecified atom stereocenters. The molecular formula is C22H22O5. The Kier molecular flexibility index (Phi) is 4.72. The lowest BCUT2D eigenvalue weighted by Gasteiger charge is -2.22. The second kappa shape index (κ2) is 7.18. The molecule has 2 fully saturated rings. The molecule has 0 aliphatic carbocycles. The Morgan fingerprint density at radius 1 is 1.19 bits per heavy atom. The van der Waals surface area contributed by atoms with Crippen LogP contribution in [0.25, 0.3) is 16.5 Å². The number of carbonyl (C=O) groups excluding carboxylic acids is 1. The van der Waals surface area contributed by atoms with Gasteiger partial charge in [0.1, 0.15) is 17.8 Å². The fourth-order valence-corrected chi connectivity index (χ4v) is 3.91. The molecule has 0 amide bonds. The average molecular weight is 366 g/mol. The molecule has 5 nitrogen and oxygen atoms in total. The van der Waals surface area contributed by atoms with Crippen LogP contribution < -0.4 is 4.74 Å². The zero-order valence-corrected chi connectivity index (χ0v) is 15.2. The van der Waals surface area contributed by atoms with E-state index >= 15 is 0 Å². The van der Waals surface area contributed by atoms with Gasteiger partial charge in [0.25, 0.3) is 0 Å². The molecule has 5 heteroatoms. The minimum Gasteiger partial charge on any atom is -0.497 e. The summed E-state index contributed by atoms with van der Waals surface area (Å²) in [5.74, 6) is 1.78. The summed E-state index contributed by atoms with van der Waals surface area (Å²) in [5, 5.41) is 2.32. The molecule has 0 aromatic heterocycles. The summed E-state index contributed by atoms with van der Waals surface area (Å²) in [6.45, 7) is 4.46. The van der Waals surface area contributed by atoms with Gasteiger partial charge in [0.05, 0.1) is 26.4 Å². The molecule has 3 aliphatic rings. The molecule has 27 heavy (non-hydrogen) atoms. The highest BCUT2D eigenvalue weighted by Gasteiger charge is 2.59. The van der Waals surface area contributed by atoms with Crippen LogP contribution in [0.1, 0.15) is 12.0 Å². The zero-order valence-electron chi connectivity index (χ0n) is 15.2. The summed E-state index contributed by atoms with van der Waals surface area (Å²) >= 11 is 0. The molecule has 2 aromatic carbocycles. The maximum absolute atomic E-state index is 9.06. The van der Waals surface area contributed by atoms with Gasteiger partial charge in [0, 0.05) is 12.0 Å². The third-order valence-corrected chi connectivity index (χ3v) is 5.24. The molecule has 1 spiro atoms. The Morgan fingerprint density at radius 2 is 1.96 bits per heavy atom. The Hall–Kier alpha value is -2.63. The minimum atomic E-state index is -0.371. The Bertz CT molecular complexity index is 897. The van der Waals surface area contributed by atoms with E-state index in [1.54, 1.807) is 7.11 Å². The van der Waals surface area contributed by atoms with Gasteiger partial charge in [-0.15, -0.1) is 0 Å². The molecule has 3 atom stereocenters. The molecule has 2 saturated heterocycles. The van der Waals surface area contributed by atoms with Crippen molar-refractivity contribution in [2.75, 3.05) is 20.3 Å². The second-order valence-corrected chi connectivity index (χ2v) is 6.73. The van der Waals surface area contributed by atoms with E-state index in [1.165, 1.54) is 11.5 Å². The predicted molar refractivity (Wildman–Crippen MR) is 103 cm³/mol. The normalized spacial score (nSPS) is 27.7. The summed E-state index contributed by atoms with van der Waals surface area (Å²) in [6, 6.07) is 12.4. The summed E-state index contributed by atoms with van der Waals surface area (Å²) in [5.41, 5.74) is 0.713. The van der Waals surface area contributed by atoms with E-state index < -0.39 is 0 Å². The van der Waals surface area contributed by atoms with Crippen molar-refractivity contribution in [2.24, 2.45) is 0 Å². The molecule has 5 rings (SSSR count). The minimum absolute atomic E-state index is 0.0171. The van der Waals surface area contributed by atoms with Crippen LogP contribution in [-0.4, -0.2) is 44.4 Å². The number of rotatable bonds is 3. The highest BCUT2D eigenvalue weighted by atomic mass is 16.6. The molecule has 0 bridgehead atoms. The van der Waals surface area contributed by atoms with E-state index in [-0.39, 0.29) is 17.8 Å². The average Bonchev–Trinajstić information content (AvgIpc) is 3.36. The van der Waals surface area contributed by atoms with Crippen LogP contribution in [0.2, 0.25) is 0 Å². The number of carbonyl (C=O) groups is 1. The topological polar surface area (TPSA) is 54.0 Å². The SMILES string of the molecule is C=CC=O.COc1ccc2cc(C3=C[C@]45OCCC4OC[C@H]5O3)ccc2c1. The first kappa shape index (κ1) is 17.8. The first-order valence-electron chi connectivity index (χ1n) is 8.99. The van der Waals surface area contributed by atoms with Crippen LogP contribution >= 0.6 is 0 Å². The standard InChI is InChI=1S/C19H18O4.C3H4O/c1-20-15-5-4-12-8-14(3-2-13(12)9-15)16-10-19-17(6-7-22-19)21-11-18(19)23-16;1-2-3-4/h2-5,8-10,17-18H,6-7,11H2,1H3;2-3H,1H2/t17?,18-,19+;/m1./s1. The van der Waals surface area contributed by atoms with Crippen molar-refractivity contribution in [1.29, 1.82) is 0 Å². The van der Waals surface area contributed by atoms with Crippen LogP contribution in [-0.2, 0) is 19.0 Å². The van der Waals surface area contributed by atoms with Crippen molar-refractivity contribution < 1.29 is 23.7 Å². The first-order chi connectivity index (χ1) is 13.2. The van der Waals surface area contributed by atoms with Crippen LogP contribution in [0.15, 0.2) is 55.1 Å². The van der Waals surface area contributed by atoms with Crippen LogP contribution in [0.5, 0.6) is 5.75 Å². The third-order valence-electron chi connectivity index (χ3n) is 5.24. The van der Waals surface area contributed by atoms with Crippen molar-refractivity contribution in [2.45, 2.75) is 24.2 Å². The van der Waals surface area contributed by atoms with Gasteiger partial charge in [-0.3, -0.25) is 4.79 Å². The van der Waals surface area contributed by atoms with E-state index in [0.717, 1.165) is 35.5 Å². The van der Waals surface area contributed by atoms with Crippen LogP contribution in [0, 0.1) is 0 Å². The number of methoxy groups -OCH3 is 1. The molecule has 0 radical (unpaired) electrons. The van der Waals surface area contributed by atoms with Crippen LogP contribution in [0.4, 0.5) is 0 Å². The van der Waals surface area contributed by atoms with Crippen molar-refractivity contribution in [3.05, 3.63) is 60.7 Å². The molecule has 3 aliphatic heterocycles. The number of fused-ring (bicyclic) bond motifs is 1. The smallest absolute Gasteiger partial charge is 0.157 e. The number of ether oxygens (including phenoxy) is 4. The lowest BCUT2D eigenvalue weighted by Crippen LogP contribution is -2.40. The van der Waals surface area contributed by atoms with Gasteiger partial charge >= 0.3 is 0 Å². The van der Waals surface area contributed by atoms with E-state index in [1.807, 2.05) is 12.1 Å². The number of allylic oxidation sites excluding steroid dienone is 1. The van der Waals surface area contributed by atoms with Gasteiger partial charge in [0.15, 0.2) is 11.7 Å². The molecular weight excluding hydrogens is 344 g/mol.